The molecule has 1 saturated heterocycles. The molecule has 1 rings (SSSR count). The molecule has 0 saturated carbocycles. The molecule has 1 N–H and O–H groups in total. The molecule has 0 radical (unpaired) electrons. The molecule has 0 spiro atoms. The molecule has 1 aliphatic heterocycles. The Bertz CT molecular complexity index is 215. The maximum Gasteiger partial charge on any atom is 0.374 e. The molecule has 60 valence electrons. The molecule has 0 bridgehead atoms. The molecular weight excluding hydrogens is 161 g/mol. The number of aliphatic hydroxyl groups excluding tert-OH is 1. The van der Waals surface area contributed by atoms with Gasteiger partial charge < -0.3 is 5.11 Å². The lowest BCUT2D eigenvalue weighted by Gasteiger charge is -2.06. The van der Waals surface area contributed by atoms with Crippen molar-refractivity contribution in [3.63, 3.8) is 0 Å². The number of nitrogens with zero attached hydrogens (tertiary/aromatic N) is 1. The first-order valence-corrected chi connectivity index (χ1v) is 4.22. The van der Waals surface area contributed by atoms with Crippen LogP contribution in [0.15, 0.2) is 0 Å². The minimum Gasteiger partial charge on any atom is -0.392 e. The minimum atomic E-state index is -4.56. The van der Waals surface area contributed by atoms with Crippen molar-refractivity contribution < 1.29 is 17.4 Å². The molecular formula is C4H8FNO3S. The fourth-order valence-electron chi connectivity index (χ4n) is 0.909. The Morgan fingerprint density at radius 2 is 2.20 bits per heavy atom. The average molecular weight is 169 g/mol. The minimum absolute atomic E-state index is 0.0833. The summed E-state index contributed by atoms with van der Waals surface area (Å²) in [7, 11) is -4.56. The summed E-state index contributed by atoms with van der Waals surface area (Å²) in [6, 6.07) is 0. The molecule has 4 nitrogen and oxygen atoms in total. The van der Waals surface area contributed by atoms with Gasteiger partial charge in [0.1, 0.15) is 0 Å². The molecule has 6 heteroatoms. The monoisotopic (exact) mass is 169 g/mol. The summed E-state index contributed by atoms with van der Waals surface area (Å²) < 4.78 is 32.9. The smallest absolute Gasteiger partial charge is 0.374 e. The van der Waals surface area contributed by atoms with E-state index in [4.69, 9.17) is 5.11 Å². The highest BCUT2D eigenvalue weighted by molar-refractivity contribution is 7.83. The van der Waals surface area contributed by atoms with E-state index in [9.17, 15) is 12.3 Å². The van der Waals surface area contributed by atoms with Crippen LogP contribution in [0.5, 0.6) is 0 Å². The lowest BCUT2D eigenvalue weighted by Crippen LogP contribution is -2.25. The molecule has 0 aromatic heterocycles. The van der Waals surface area contributed by atoms with Crippen molar-refractivity contribution in [3.05, 3.63) is 0 Å². The van der Waals surface area contributed by atoms with Crippen LogP contribution in [0.25, 0.3) is 0 Å². The molecule has 1 aliphatic rings. The van der Waals surface area contributed by atoms with Gasteiger partial charge in [-0.3, -0.25) is 0 Å². The van der Waals surface area contributed by atoms with Gasteiger partial charge in [-0.2, -0.15) is 12.7 Å². The number of hydrogen-bond acceptors (Lipinski definition) is 3. The summed E-state index contributed by atoms with van der Waals surface area (Å²) in [5.41, 5.74) is 0. The second kappa shape index (κ2) is 2.44. The van der Waals surface area contributed by atoms with E-state index in [1.54, 1.807) is 0 Å². The summed E-state index contributed by atoms with van der Waals surface area (Å²) in [5.74, 6) is 0. The predicted molar refractivity (Wildman–Crippen MR) is 32.2 cm³/mol. The third-order valence-electron chi connectivity index (χ3n) is 1.43. The van der Waals surface area contributed by atoms with Crippen LogP contribution in [0.1, 0.15) is 6.42 Å². The van der Waals surface area contributed by atoms with Crippen LogP contribution < -0.4 is 0 Å². The second-order valence-electron chi connectivity index (χ2n) is 2.24. The number of rotatable bonds is 1. The van der Waals surface area contributed by atoms with Crippen LogP contribution in [0.2, 0.25) is 0 Å². The molecule has 0 aromatic carbocycles. The maximum absolute atomic E-state index is 12.1. The largest absolute Gasteiger partial charge is 0.392 e. The van der Waals surface area contributed by atoms with Crippen LogP contribution in [-0.4, -0.2) is 37.0 Å². The molecule has 10 heavy (non-hydrogen) atoms. The number of hydrogen-bond donors (Lipinski definition) is 1. The summed E-state index contributed by atoms with van der Waals surface area (Å²) in [6.45, 7) is -0.0289. The highest BCUT2D eigenvalue weighted by Crippen LogP contribution is 2.13. The number of β-amino-alcohol motifs (C(OH)–C–C–N with tert-alkyl or cyclic N) is 1. The zero-order chi connectivity index (χ0) is 7.78. The van der Waals surface area contributed by atoms with E-state index in [-0.39, 0.29) is 13.1 Å². The molecule has 1 heterocycles. The molecule has 0 aliphatic carbocycles. The number of halogens is 1. The van der Waals surface area contributed by atoms with E-state index in [0.29, 0.717) is 10.7 Å². The van der Waals surface area contributed by atoms with Crippen LogP contribution in [0, 0.1) is 0 Å². The Kier molecular flexibility index (Phi) is 1.93. The van der Waals surface area contributed by atoms with E-state index in [0.717, 1.165) is 0 Å². The van der Waals surface area contributed by atoms with Gasteiger partial charge in [-0.05, 0) is 6.42 Å². The van der Waals surface area contributed by atoms with Gasteiger partial charge in [0.2, 0.25) is 0 Å². The summed E-state index contributed by atoms with van der Waals surface area (Å²) in [4.78, 5) is 0. The van der Waals surface area contributed by atoms with Crippen molar-refractivity contribution in [2.45, 2.75) is 12.5 Å². The van der Waals surface area contributed by atoms with Gasteiger partial charge in [0.05, 0.1) is 6.10 Å². The van der Waals surface area contributed by atoms with Gasteiger partial charge in [0.15, 0.2) is 0 Å². The predicted octanol–water partition coefficient (Wildman–Crippen LogP) is -0.733. The van der Waals surface area contributed by atoms with Crippen LogP contribution in [-0.2, 0) is 10.4 Å². The SMILES string of the molecule is O=S(=O)(F)N1CC[C@@H](O)C1. The molecule has 0 amide bonds. The molecule has 1 atom stereocenters. The van der Waals surface area contributed by atoms with Crippen molar-refractivity contribution in [2.75, 3.05) is 13.1 Å². The van der Waals surface area contributed by atoms with Crippen molar-refractivity contribution >= 4 is 10.4 Å². The van der Waals surface area contributed by atoms with Gasteiger partial charge in [0.25, 0.3) is 0 Å². The Labute approximate surface area is 58.6 Å². The third-order valence-corrected chi connectivity index (χ3v) is 2.38. The summed E-state index contributed by atoms with van der Waals surface area (Å²) in [6.07, 6.45) is -0.381. The Hall–Kier alpha value is -0.200. The van der Waals surface area contributed by atoms with Crippen molar-refractivity contribution in [1.82, 2.24) is 4.31 Å². The fourth-order valence-corrected chi connectivity index (χ4v) is 1.58. The standard InChI is InChI=1S/C4H8FNO3S/c5-10(8,9)6-2-1-4(7)3-6/h4,7H,1-3H2/t4-/m1/s1. The second-order valence-corrected chi connectivity index (χ2v) is 3.58. The third kappa shape index (κ3) is 1.65. The normalized spacial score (nSPS) is 29.2. The zero-order valence-electron chi connectivity index (χ0n) is 5.20. The van der Waals surface area contributed by atoms with Crippen molar-refractivity contribution in [1.29, 1.82) is 0 Å². The first kappa shape index (κ1) is 7.90. The Balaban J connectivity index is 2.62. The molecule has 1 fully saturated rings. The first-order valence-electron chi connectivity index (χ1n) is 2.88. The fraction of sp³-hybridized carbons (Fsp3) is 1.00. The number of aliphatic hydroxyl groups is 1. The molecule has 0 aromatic rings. The lowest BCUT2D eigenvalue weighted by molar-refractivity contribution is 0.188. The first-order chi connectivity index (χ1) is 4.50. The summed E-state index contributed by atoms with van der Waals surface area (Å²) >= 11 is 0. The maximum atomic E-state index is 12.1. The average Bonchev–Trinajstić information content (AvgIpc) is 2.11. The van der Waals surface area contributed by atoms with Gasteiger partial charge in [-0.25, -0.2) is 0 Å². The lowest BCUT2D eigenvalue weighted by atomic mass is 10.3. The topological polar surface area (TPSA) is 57.6 Å². The van der Waals surface area contributed by atoms with E-state index in [1.165, 1.54) is 0 Å². The van der Waals surface area contributed by atoms with Gasteiger partial charge in [-0.15, -0.1) is 0 Å². The van der Waals surface area contributed by atoms with Gasteiger partial charge in [-0.1, -0.05) is 3.89 Å². The van der Waals surface area contributed by atoms with E-state index >= 15 is 0 Å². The Morgan fingerprint density at radius 3 is 2.40 bits per heavy atom. The van der Waals surface area contributed by atoms with Crippen molar-refractivity contribution in [2.24, 2.45) is 0 Å². The zero-order valence-corrected chi connectivity index (χ0v) is 6.01. The van der Waals surface area contributed by atoms with Crippen LogP contribution >= 0.6 is 0 Å². The van der Waals surface area contributed by atoms with Crippen LogP contribution in [0.3, 0.4) is 0 Å². The van der Waals surface area contributed by atoms with Crippen LogP contribution in [0.4, 0.5) is 3.89 Å². The van der Waals surface area contributed by atoms with Gasteiger partial charge >= 0.3 is 10.4 Å². The quantitative estimate of drug-likeness (QED) is 0.526. The van der Waals surface area contributed by atoms with Gasteiger partial charge in [0, 0.05) is 13.1 Å². The highest BCUT2D eigenvalue weighted by atomic mass is 32.3. The van der Waals surface area contributed by atoms with E-state index < -0.39 is 16.5 Å². The Morgan fingerprint density at radius 1 is 1.60 bits per heavy atom. The van der Waals surface area contributed by atoms with Crippen molar-refractivity contribution in [3.8, 4) is 0 Å². The highest BCUT2D eigenvalue weighted by Gasteiger charge is 2.29. The van der Waals surface area contributed by atoms with E-state index in [1.807, 2.05) is 0 Å². The van der Waals surface area contributed by atoms with E-state index in [2.05, 4.69) is 0 Å². The molecule has 0 unspecified atom stereocenters. The summed E-state index contributed by atoms with van der Waals surface area (Å²) in [5, 5.41) is 8.79.